The van der Waals surface area contributed by atoms with E-state index in [1.165, 1.54) is 0 Å². The van der Waals surface area contributed by atoms with E-state index < -0.39 is 0 Å². The minimum Gasteiger partial charge on any atom is -0.497 e. The van der Waals surface area contributed by atoms with E-state index in [0.29, 0.717) is 16.0 Å². The van der Waals surface area contributed by atoms with Gasteiger partial charge in [0.15, 0.2) is 5.84 Å². The predicted molar refractivity (Wildman–Crippen MR) is 135 cm³/mol. The third kappa shape index (κ3) is 4.02. The van der Waals surface area contributed by atoms with E-state index in [4.69, 9.17) is 31.4 Å². The van der Waals surface area contributed by atoms with E-state index in [-0.39, 0.29) is 0 Å². The van der Waals surface area contributed by atoms with Gasteiger partial charge in [-0.1, -0.05) is 53.3 Å². The van der Waals surface area contributed by atoms with Gasteiger partial charge in [0.1, 0.15) is 5.75 Å². The first-order chi connectivity index (χ1) is 15.6. The summed E-state index contributed by atoms with van der Waals surface area (Å²) >= 11 is 7.82. The van der Waals surface area contributed by atoms with Crippen LogP contribution in [0, 0.1) is 0 Å². The van der Waals surface area contributed by atoms with Crippen molar-refractivity contribution in [3.63, 3.8) is 0 Å². The number of hydrogen-bond acceptors (Lipinski definition) is 5. The number of fused-ring (bicyclic) bond motifs is 1. The maximum absolute atomic E-state index is 6.26. The van der Waals surface area contributed by atoms with E-state index in [1.54, 1.807) is 18.4 Å². The third-order valence-corrected chi connectivity index (χ3v) is 6.21. The van der Waals surface area contributed by atoms with Crippen LogP contribution < -0.4 is 9.75 Å². The van der Waals surface area contributed by atoms with Crippen LogP contribution in [0.5, 0.6) is 5.75 Å². The van der Waals surface area contributed by atoms with Crippen molar-refractivity contribution in [2.75, 3.05) is 12.1 Å². The summed E-state index contributed by atoms with van der Waals surface area (Å²) in [7, 11) is 1.66. The van der Waals surface area contributed by atoms with Crippen LogP contribution in [-0.4, -0.2) is 23.6 Å². The largest absolute Gasteiger partial charge is 0.497 e. The molecular formula is C25H19ClN4OS. The lowest BCUT2D eigenvalue weighted by Gasteiger charge is -2.15. The average Bonchev–Trinajstić information content (AvgIpc) is 3.35. The fourth-order valence-electron chi connectivity index (χ4n) is 3.46. The van der Waals surface area contributed by atoms with Gasteiger partial charge in [0, 0.05) is 10.6 Å². The van der Waals surface area contributed by atoms with E-state index in [0.717, 1.165) is 38.5 Å². The summed E-state index contributed by atoms with van der Waals surface area (Å²) in [5.41, 5.74) is 4.59. The molecule has 2 heterocycles. The first-order valence-corrected chi connectivity index (χ1v) is 11.2. The lowest BCUT2D eigenvalue weighted by atomic mass is 10.1. The van der Waals surface area contributed by atoms with Crippen molar-refractivity contribution in [1.82, 2.24) is 4.98 Å². The topological polar surface area (TPSA) is 50.1 Å². The summed E-state index contributed by atoms with van der Waals surface area (Å²) in [5.74, 6) is 1.52. The number of anilines is 1. The molecule has 0 N–H and O–H groups in total. The molecule has 5 rings (SSSR count). The zero-order chi connectivity index (χ0) is 22.1. The molecule has 4 aromatic rings. The Balaban J connectivity index is 1.63. The molecule has 1 aliphatic heterocycles. The summed E-state index contributed by atoms with van der Waals surface area (Å²) < 4.78 is 6.37. The summed E-state index contributed by atoms with van der Waals surface area (Å²) in [6.45, 7) is 1.98. The molecule has 3 aromatic carbocycles. The summed E-state index contributed by atoms with van der Waals surface area (Å²) in [4.78, 5) is 9.64. The molecule has 0 amide bonds. The second-order valence-corrected chi connectivity index (χ2v) is 8.65. The third-order valence-electron chi connectivity index (χ3n) is 5.05. The molecule has 0 saturated carbocycles. The molecule has 0 spiro atoms. The number of methoxy groups -OCH3 is 1. The van der Waals surface area contributed by atoms with Gasteiger partial charge in [-0.2, -0.15) is 10.1 Å². The van der Waals surface area contributed by atoms with Crippen molar-refractivity contribution in [2.45, 2.75) is 6.92 Å². The van der Waals surface area contributed by atoms with Gasteiger partial charge in [0.2, 0.25) is 5.13 Å². The molecule has 0 atom stereocenters. The van der Waals surface area contributed by atoms with Crippen LogP contribution in [0.1, 0.15) is 12.5 Å². The van der Waals surface area contributed by atoms with Crippen LogP contribution in [0.4, 0.5) is 10.8 Å². The lowest BCUT2D eigenvalue weighted by Crippen LogP contribution is -2.21. The highest BCUT2D eigenvalue weighted by Gasteiger charge is 2.27. The number of amidine groups is 1. The number of rotatable bonds is 4. The van der Waals surface area contributed by atoms with Crippen LogP contribution in [-0.2, 0) is 0 Å². The van der Waals surface area contributed by atoms with Crippen LogP contribution in [0.25, 0.3) is 16.3 Å². The van der Waals surface area contributed by atoms with E-state index in [9.17, 15) is 0 Å². The molecule has 0 bridgehead atoms. The normalized spacial score (nSPS) is 16.2. The SMILES string of the molecule is COc1ccc(/C=C2/C(C)=NN(c3cccc(Cl)c3)C2=Nc2nc3ccccc3s2)cc1. The standard InChI is InChI=1S/C25H19ClN4OS/c1-16-21(14-17-10-12-20(31-2)13-11-17)24(30(29-16)19-7-5-6-18(26)15-19)28-25-27-22-8-3-4-9-23(22)32-25/h3-15H,1-2H3/b21-14-,28-24?. The summed E-state index contributed by atoms with van der Waals surface area (Å²) in [6, 6.07) is 23.5. The number of aromatic nitrogens is 1. The van der Waals surface area contributed by atoms with Crippen molar-refractivity contribution in [1.29, 1.82) is 0 Å². The average molecular weight is 459 g/mol. The smallest absolute Gasteiger partial charge is 0.212 e. The second kappa shape index (κ2) is 8.57. The minimum absolute atomic E-state index is 0.641. The minimum atomic E-state index is 0.641. The number of benzene rings is 3. The maximum atomic E-state index is 6.26. The number of ether oxygens (including phenoxy) is 1. The van der Waals surface area contributed by atoms with Crippen molar-refractivity contribution in [3.8, 4) is 5.75 Å². The molecule has 0 aliphatic carbocycles. The van der Waals surface area contributed by atoms with Gasteiger partial charge < -0.3 is 4.74 Å². The molecule has 1 aliphatic rings. The van der Waals surface area contributed by atoms with Gasteiger partial charge >= 0.3 is 0 Å². The summed E-state index contributed by atoms with van der Waals surface area (Å²) in [6.07, 6.45) is 2.08. The van der Waals surface area contributed by atoms with Gasteiger partial charge in [-0.05, 0) is 61.0 Å². The number of hydrazone groups is 1. The Hall–Kier alpha value is -3.48. The number of thiazole rings is 1. The Bertz CT molecular complexity index is 1360. The van der Waals surface area contributed by atoms with Gasteiger partial charge in [-0.15, -0.1) is 0 Å². The van der Waals surface area contributed by atoms with E-state index in [2.05, 4.69) is 12.1 Å². The quantitative estimate of drug-likeness (QED) is 0.332. The number of halogens is 1. The highest BCUT2D eigenvalue weighted by Crippen LogP contribution is 2.33. The van der Waals surface area contributed by atoms with Gasteiger partial charge in [0.05, 0.1) is 28.7 Å². The monoisotopic (exact) mass is 458 g/mol. The number of nitrogens with zero attached hydrogens (tertiary/aromatic N) is 4. The van der Waals surface area contributed by atoms with Gasteiger partial charge in [-0.25, -0.2) is 9.99 Å². The Morgan fingerprint density at radius 3 is 2.59 bits per heavy atom. The number of hydrogen-bond donors (Lipinski definition) is 0. The predicted octanol–water partition coefficient (Wildman–Crippen LogP) is 6.97. The van der Waals surface area contributed by atoms with Crippen molar-refractivity contribution in [3.05, 3.63) is 89.0 Å². The highest BCUT2D eigenvalue weighted by atomic mass is 35.5. The molecule has 0 unspecified atom stereocenters. The Morgan fingerprint density at radius 2 is 1.84 bits per heavy atom. The molecular weight excluding hydrogens is 440 g/mol. The molecule has 158 valence electrons. The van der Waals surface area contributed by atoms with Crippen molar-refractivity contribution in [2.24, 2.45) is 10.1 Å². The van der Waals surface area contributed by atoms with Crippen LogP contribution in [0.3, 0.4) is 0 Å². The molecule has 1 aromatic heterocycles. The zero-order valence-electron chi connectivity index (χ0n) is 17.5. The van der Waals surface area contributed by atoms with Gasteiger partial charge in [0.25, 0.3) is 0 Å². The number of aliphatic imine (C=N–C) groups is 1. The fraction of sp³-hybridized carbons (Fsp3) is 0.0800. The fourth-order valence-corrected chi connectivity index (χ4v) is 4.48. The van der Waals surface area contributed by atoms with E-state index in [1.807, 2.05) is 78.7 Å². The highest BCUT2D eigenvalue weighted by molar-refractivity contribution is 7.22. The van der Waals surface area contributed by atoms with Crippen molar-refractivity contribution < 1.29 is 4.74 Å². The Kier molecular flexibility index (Phi) is 5.47. The summed E-state index contributed by atoms with van der Waals surface area (Å²) in [5, 5.41) is 7.93. The first-order valence-electron chi connectivity index (χ1n) is 10.0. The van der Waals surface area contributed by atoms with Crippen molar-refractivity contribution >= 4 is 61.6 Å². The molecule has 7 heteroatoms. The zero-order valence-corrected chi connectivity index (χ0v) is 19.1. The number of para-hydroxylation sites is 1. The lowest BCUT2D eigenvalue weighted by molar-refractivity contribution is 0.415. The molecule has 5 nitrogen and oxygen atoms in total. The second-order valence-electron chi connectivity index (χ2n) is 7.21. The molecule has 0 radical (unpaired) electrons. The molecule has 32 heavy (non-hydrogen) atoms. The Labute approximate surface area is 195 Å². The first kappa shape index (κ1) is 20.4. The van der Waals surface area contributed by atoms with Gasteiger partial charge in [-0.3, -0.25) is 0 Å². The van der Waals surface area contributed by atoms with Crippen LogP contribution in [0.15, 0.2) is 88.5 Å². The molecule has 0 fully saturated rings. The van der Waals surface area contributed by atoms with Crippen LogP contribution >= 0.6 is 22.9 Å². The van der Waals surface area contributed by atoms with Crippen LogP contribution in [0.2, 0.25) is 5.02 Å². The van der Waals surface area contributed by atoms with E-state index >= 15 is 0 Å². The Morgan fingerprint density at radius 1 is 1.03 bits per heavy atom. The maximum Gasteiger partial charge on any atom is 0.212 e. The molecule has 0 saturated heterocycles.